The van der Waals surface area contributed by atoms with Gasteiger partial charge in [0.15, 0.2) is 6.61 Å². The van der Waals surface area contributed by atoms with Gasteiger partial charge >= 0.3 is 11.9 Å². The maximum absolute atomic E-state index is 12.2. The van der Waals surface area contributed by atoms with Crippen LogP contribution < -0.4 is 0 Å². The van der Waals surface area contributed by atoms with E-state index in [1.807, 2.05) is 44.2 Å². The Bertz CT molecular complexity index is 1340. The second-order valence-electron chi connectivity index (χ2n) is 9.29. The van der Waals surface area contributed by atoms with Crippen molar-refractivity contribution in [3.63, 3.8) is 0 Å². The van der Waals surface area contributed by atoms with Crippen LogP contribution in [0.4, 0.5) is 0 Å². The number of ether oxygens (including phenoxy) is 2. The molecule has 0 aliphatic heterocycles. The van der Waals surface area contributed by atoms with E-state index in [-0.39, 0.29) is 6.61 Å². The van der Waals surface area contributed by atoms with Crippen molar-refractivity contribution in [3.05, 3.63) is 84.4 Å². The first-order valence-electron chi connectivity index (χ1n) is 11.7. The Kier molecular flexibility index (Phi) is 6.69. The number of benzene rings is 4. The Morgan fingerprint density at radius 3 is 2.15 bits per heavy atom. The fourth-order valence-corrected chi connectivity index (χ4v) is 3.92. The number of carbonyl (C=O) groups is 2. The molecule has 0 aliphatic rings. The highest BCUT2D eigenvalue weighted by atomic mass is 16.6. The molecular weight excluding hydrogens is 424 g/mol. The van der Waals surface area contributed by atoms with Gasteiger partial charge in [-0.3, -0.25) is 4.79 Å². The molecule has 174 valence electrons. The average molecular weight is 455 g/mol. The van der Waals surface area contributed by atoms with Crippen molar-refractivity contribution in [1.29, 1.82) is 0 Å². The monoisotopic (exact) mass is 454 g/mol. The van der Waals surface area contributed by atoms with Gasteiger partial charge in [-0.1, -0.05) is 73.7 Å². The van der Waals surface area contributed by atoms with Gasteiger partial charge in [0.25, 0.3) is 0 Å². The van der Waals surface area contributed by atoms with Gasteiger partial charge in [0, 0.05) is 0 Å². The lowest BCUT2D eigenvalue weighted by molar-refractivity contribution is -0.167. The molecule has 1 unspecified atom stereocenters. The molecule has 0 spiro atoms. The largest absolute Gasteiger partial charge is 0.455 e. The summed E-state index contributed by atoms with van der Waals surface area (Å²) in [7, 11) is 0. The maximum atomic E-state index is 12.2. The third kappa shape index (κ3) is 4.96. The molecular formula is C30H30O4. The van der Waals surface area contributed by atoms with Crippen LogP contribution in [0.15, 0.2) is 78.9 Å². The Morgan fingerprint density at radius 1 is 0.824 bits per heavy atom. The van der Waals surface area contributed by atoms with Gasteiger partial charge in [-0.2, -0.15) is 0 Å². The summed E-state index contributed by atoms with van der Waals surface area (Å²) in [6, 6.07) is 27.2. The summed E-state index contributed by atoms with van der Waals surface area (Å²) in [4.78, 5) is 24.3. The van der Waals surface area contributed by atoms with E-state index in [0.717, 1.165) is 16.3 Å². The molecule has 0 fully saturated rings. The van der Waals surface area contributed by atoms with E-state index in [9.17, 15) is 9.59 Å². The lowest BCUT2D eigenvalue weighted by Crippen LogP contribution is -2.28. The summed E-state index contributed by atoms with van der Waals surface area (Å²) in [5.41, 5.74) is 2.66. The van der Waals surface area contributed by atoms with Gasteiger partial charge in [-0.05, 0) is 77.6 Å². The highest BCUT2D eigenvalue weighted by Gasteiger charge is 2.28. The smallest absolute Gasteiger partial charge is 0.344 e. The standard InChI is InChI=1S/C30H30O4/c1-5-30(3,4)29(32)33-19-28(31)34-20(2)22-13-15-26-24(17-22)11-12-25-18-23(14-16-27(25)26)21-9-7-6-8-10-21/h6-18,20H,5,19H2,1-4H3. The van der Waals surface area contributed by atoms with Crippen LogP contribution in [-0.2, 0) is 19.1 Å². The molecule has 4 heteroatoms. The van der Waals surface area contributed by atoms with E-state index in [2.05, 4.69) is 48.5 Å². The van der Waals surface area contributed by atoms with Crippen molar-refractivity contribution in [3.8, 4) is 11.1 Å². The summed E-state index contributed by atoms with van der Waals surface area (Å²) >= 11 is 0. The van der Waals surface area contributed by atoms with E-state index in [1.54, 1.807) is 13.8 Å². The van der Waals surface area contributed by atoms with Crippen LogP contribution in [0.2, 0.25) is 0 Å². The predicted octanol–water partition coefficient (Wildman–Crippen LogP) is 7.24. The minimum atomic E-state index is -0.616. The molecule has 0 N–H and O–H groups in total. The second kappa shape index (κ2) is 9.68. The lowest BCUT2D eigenvalue weighted by atomic mass is 9.91. The molecule has 0 aromatic heterocycles. The summed E-state index contributed by atoms with van der Waals surface area (Å²) < 4.78 is 10.7. The highest BCUT2D eigenvalue weighted by Crippen LogP contribution is 2.31. The molecule has 0 bridgehead atoms. The molecule has 1 atom stereocenters. The normalized spacial score (nSPS) is 12.5. The van der Waals surface area contributed by atoms with Crippen molar-refractivity contribution < 1.29 is 19.1 Å². The second-order valence-corrected chi connectivity index (χ2v) is 9.29. The summed E-state index contributed by atoms with van der Waals surface area (Å²) in [5.74, 6) is -0.951. The predicted molar refractivity (Wildman–Crippen MR) is 136 cm³/mol. The maximum Gasteiger partial charge on any atom is 0.344 e. The molecule has 0 amide bonds. The number of carbonyl (C=O) groups excluding carboxylic acids is 2. The van der Waals surface area contributed by atoms with Gasteiger partial charge in [0.1, 0.15) is 6.10 Å². The Labute approximate surface area is 200 Å². The molecule has 4 rings (SSSR count). The van der Waals surface area contributed by atoms with E-state index in [1.165, 1.54) is 21.9 Å². The van der Waals surface area contributed by atoms with Gasteiger partial charge in [0.2, 0.25) is 0 Å². The molecule has 4 aromatic rings. The van der Waals surface area contributed by atoms with Crippen molar-refractivity contribution in [1.82, 2.24) is 0 Å². The fourth-order valence-electron chi connectivity index (χ4n) is 3.92. The van der Waals surface area contributed by atoms with Crippen LogP contribution in [0, 0.1) is 5.41 Å². The molecule has 4 nitrogen and oxygen atoms in total. The van der Waals surface area contributed by atoms with Gasteiger partial charge < -0.3 is 9.47 Å². The quantitative estimate of drug-likeness (QED) is 0.218. The van der Waals surface area contributed by atoms with Crippen LogP contribution in [0.3, 0.4) is 0 Å². The molecule has 0 heterocycles. The zero-order chi connectivity index (χ0) is 24.3. The van der Waals surface area contributed by atoms with E-state index in [4.69, 9.17) is 9.47 Å². The lowest BCUT2D eigenvalue weighted by Gasteiger charge is -2.20. The fraction of sp³-hybridized carbons (Fsp3) is 0.267. The molecule has 4 aromatic carbocycles. The summed E-state index contributed by atoms with van der Waals surface area (Å²) in [6.07, 6.45) is 0.183. The third-order valence-corrected chi connectivity index (χ3v) is 6.50. The molecule has 0 saturated heterocycles. The molecule has 0 aliphatic carbocycles. The van der Waals surface area contributed by atoms with Crippen molar-refractivity contribution in [2.75, 3.05) is 6.61 Å². The number of hydrogen-bond donors (Lipinski definition) is 0. The van der Waals surface area contributed by atoms with Gasteiger partial charge in [-0.25, -0.2) is 4.79 Å². The Balaban J connectivity index is 1.50. The topological polar surface area (TPSA) is 52.6 Å². The van der Waals surface area contributed by atoms with Crippen molar-refractivity contribution in [2.45, 2.75) is 40.2 Å². The number of rotatable bonds is 7. The highest BCUT2D eigenvalue weighted by molar-refractivity contribution is 6.08. The van der Waals surface area contributed by atoms with Crippen LogP contribution in [-0.4, -0.2) is 18.5 Å². The number of hydrogen-bond acceptors (Lipinski definition) is 4. The minimum Gasteiger partial charge on any atom is -0.455 e. The third-order valence-electron chi connectivity index (χ3n) is 6.50. The number of esters is 2. The first-order chi connectivity index (χ1) is 16.3. The van der Waals surface area contributed by atoms with E-state index < -0.39 is 23.5 Å². The first-order valence-corrected chi connectivity index (χ1v) is 11.7. The zero-order valence-electron chi connectivity index (χ0n) is 20.1. The van der Waals surface area contributed by atoms with Gasteiger partial charge in [-0.15, -0.1) is 0 Å². The Hall–Kier alpha value is -3.66. The van der Waals surface area contributed by atoms with Crippen LogP contribution in [0.1, 0.15) is 45.8 Å². The van der Waals surface area contributed by atoms with E-state index >= 15 is 0 Å². The Morgan fingerprint density at radius 2 is 1.47 bits per heavy atom. The van der Waals surface area contributed by atoms with Crippen molar-refractivity contribution in [2.24, 2.45) is 5.41 Å². The number of fused-ring (bicyclic) bond motifs is 3. The van der Waals surface area contributed by atoms with Crippen LogP contribution in [0.5, 0.6) is 0 Å². The van der Waals surface area contributed by atoms with Crippen molar-refractivity contribution >= 4 is 33.5 Å². The average Bonchev–Trinajstić information content (AvgIpc) is 2.86. The first kappa shape index (κ1) is 23.5. The summed E-state index contributed by atoms with van der Waals surface area (Å²) in [6.45, 7) is 6.94. The molecule has 0 saturated carbocycles. The van der Waals surface area contributed by atoms with Gasteiger partial charge in [0.05, 0.1) is 5.41 Å². The van der Waals surface area contributed by atoms with Crippen LogP contribution >= 0.6 is 0 Å². The minimum absolute atomic E-state index is 0.380. The SMILES string of the molecule is CCC(C)(C)C(=O)OCC(=O)OC(C)c1ccc2c(ccc3cc(-c4ccccc4)ccc32)c1. The summed E-state index contributed by atoms with van der Waals surface area (Å²) in [5, 5.41) is 4.59. The van der Waals surface area contributed by atoms with E-state index in [0.29, 0.717) is 6.42 Å². The molecule has 0 radical (unpaired) electrons. The molecule has 34 heavy (non-hydrogen) atoms. The zero-order valence-corrected chi connectivity index (χ0v) is 20.1. The van der Waals surface area contributed by atoms with Crippen LogP contribution in [0.25, 0.3) is 32.7 Å².